The lowest BCUT2D eigenvalue weighted by Gasteiger charge is -2.11. The second-order valence-corrected chi connectivity index (χ2v) is 3.34. The van der Waals surface area contributed by atoms with E-state index in [9.17, 15) is 18.0 Å². The van der Waals surface area contributed by atoms with Gasteiger partial charge in [-0.2, -0.15) is 13.2 Å². The number of carboxylic acid groups (broad SMARTS) is 1. The fourth-order valence-electron chi connectivity index (χ4n) is 1.28. The van der Waals surface area contributed by atoms with Gasteiger partial charge in [0.05, 0.1) is 17.7 Å². The molecule has 0 heterocycles. The van der Waals surface area contributed by atoms with Crippen molar-refractivity contribution in [2.75, 3.05) is 11.9 Å². The van der Waals surface area contributed by atoms with Gasteiger partial charge in [-0.3, -0.25) is 0 Å². The van der Waals surface area contributed by atoms with Gasteiger partial charge in [-0.1, -0.05) is 5.92 Å². The third-order valence-corrected chi connectivity index (χ3v) is 2.12. The lowest BCUT2D eigenvalue weighted by molar-refractivity contribution is -0.137. The van der Waals surface area contributed by atoms with Gasteiger partial charge in [0, 0.05) is 5.69 Å². The molecule has 0 radical (unpaired) electrons. The van der Waals surface area contributed by atoms with E-state index in [1.807, 2.05) is 0 Å². The van der Waals surface area contributed by atoms with Gasteiger partial charge < -0.3 is 10.4 Å². The first kappa shape index (κ1) is 13.9. The van der Waals surface area contributed by atoms with Crippen LogP contribution in [0.15, 0.2) is 18.2 Å². The van der Waals surface area contributed by atoms with E-state index in [1.165, 1.54) is 0 Å². The number of benzene rings is 1. The van der Waals surface area contributed by atoms with Gasteiger partial charge in [0.1, 0.15) is 0 Å². The molecule has 0 atom stereocenters. The number of aromatic carboxylic acids is 1. The van der Waals surface area contributed by atoms with Crippen LogP contribution in [-0.4, -0.2) is 17.6 Å². The normalized spacial score (nSPS) is 10.4. The Labute approximate surface area is 102 Å². The Bertz CT molecular complexity index is 512. The summed E-state index contributed by atoms with van der Waals surface area (Å²) >= 11 is 0. The van der Waals surface area contributed by atoms with Gasteiger partial charge in [-0.05, 0) is 25.1 Å². The summed E-state index contributed by atoms with van der Waals surface area (Å²) < 4.78 is 37.3. The average Bonchev–Trinajstić information content (AvgIpc) is 2.28. The minimum absolute atomic E-state index is 0.109. The van der Waals surface area contributed by atoms with Crippen LogP contribution in [0.5, 0.6) is 0 Å². The number of halogens is 3. The summed E-state index contributed by atoms with van der Waals surface area (Å²) in [6, 6.07) is 2.52. The highest BCUT2D eigenvalue weighted by molar-refractivity contribution is 5.94. The van der Waals surface area contributed by atoms with E-state index in [-0.39, 0.29) is 12.2 Å². The maximum Gasteiger partial charge on any atom is 0.416 e. The monoisotopic (exact) mass is 257 g/mol. The van der Waals surface area contributed by atoms with E-state index in [0.717, 1.165) is 12.1 Å². The molecule has 96 valence electrons. The minimum Gasteiger partial charge on any atom is -0.478 e. The Morgan fingerprint density at radius 3 is 2.61 bits per heavy atom. The van der Waals surface area contributed by atoms with Crippen LogP contribution in [0.3, 0.4) is 0 Å². The fourth-order valence-corrected chi connectivity index (χ4v) is 1.28. The van der Waals surface area contributed by atoms with Gasteiger partial charge in [0.15, 0.2) is 0 Å². The van der Waals surface area contributed by atoms with E-state index in [2.05, 4.69) is 17.2 Å². The molecule has 3 nitrogen and oxygen atoms in total. The zero-order valence-corrected chi connectivity index (χ0v) is 9.43. The van der Waals surface area contributed by atoms with Gasteiger partial charge in [-0.15, -0.1) is 5.92 Å². The topological polar surface area (TPSA) is 49.3 Å². The molecule has 6 heteroatoms. The maximum absolute atomic E-state index is 12.4. The number of rotatable bonds is 3. The van der Waals surface area contributed by atoms with Crippen LogP contribution in [0.4, 0.5) is 18.9 Å². The molecule has 0 saturated heterocycles. The van der Waals surface area contributed by atoms with E-state index in [1.54, 1.807) is 6.92 Å². The molecule has 2 N–H and O–H groups in total. The molecular formula is C12H10F3NO2. The predicted octanol–water partition coefficient (Wildman–Crippen LogP) is 2.84. The molecule has 0 saturated carbocycles. The molecule has 18 heavy (non-hydrogen) atoms. The smallest absolute Gasteiger partial charge is 0.416 e. The molecule has 0 unspecified atom stereocenters. The first-order valence-corrected chi connectivity index (χ1v) is 4.94. The van der Waals surface area contributed by atoms with Gasteiger partial charge in [0.2, 0.25) is 0 Å². The van der Waals surface area contributed by atoms with Crippen LogP contribution in [0, 0.1) is 11.8 Å². The molecule has 1 aromatic carbocycles. The standard InChI is InChI=1S/C12H10F3NO2/c1-2-3-6-16-10-5-4-8(12(13,14)15)7-9(10)11(17)18/h4-5,7,16H,6H2,1H3,(H,17,18). The number of carboxylic acids is 1. The van der Waals surface area contributed by atoms with Crippen LogP contribution in [0.25, 0.3) is 0 Å². The van der Waals surface area contributed by atoms with Crippen molar-refractivity contribution >= 4 is 11.7 Å². The number of hydrogen-bond acceptors (Lipinski definition) is 2. The maximum atomic E-state index is 12.4. The Hall–Kier alpha value is -2.16. The quantitative estimate of drug-likeness (QED) is 0.818. The van der Waals surface area contributed by atoms with Gasteiger partial charge in [-0.25, -0.2) is 4.79 Å². The minimum atomic E-state index is -4.56. The van der Waals surface area contributed by atoms with E-state index < -0.39 is 23.3 Å². The molecule has 0 bridgehead atoms. The predicted molar refractivity (Wildman–Crippen MR) is 60.3 cm³/mol. The summed E-state index contributed by atoms with van der Waals surface area (Å²) in [5.41, 5.74) is -1.31. The van der Waals surface area contributed by atoms with E-state index in [0.29, 0.717) is 6.07 Å². The Balaban J connectivity index is 3.11. The van der Waals surface area contributed by atoms with Crippen molar-refractivity contribution in [1.82, 2.24) is 0 Å². The van der Waals surface area contributed by atoms with Crippen molar-refractivity contribution in [3.8, 4) is 11.8 Å². The zero-order valence-electron chi connectivity index (χ0n) is 9.43. The lowest BCUT2D eigenvalue weighted by atomic mass is 10.1. The van der Waals surface area contributed by atoms with Crippen molar-refractivity contribution in [2.24, 2.45) is 0 Å². The van der Waals surface area contributed by atoms with Crippen LogP contribution in [0.1, 0.15) is 22.8 Å². The summed E-state index contributed by atoms with van der Waals surface area (Å²) in [4.78, 5) is 10.9. The number of carbonyl (C=O) groups is 1. The molecule has 0 aliphatic rings. The van der Waals surface area contributed by atoms with E-state index >= 15 is 0 Å². The summed E-state index contributed by atoms with van der Waals surface area (Å²) in [5, 5.41) is 11.5. The summed E-state index contributed by atoms with van der Waals surface area (Å²) in [7, 11) is 0. The van der Waals surface area contributed by atoms with Crippen molar-refractivity contribution in [1.29, 1.82) is 0 Å². The molecule has 1 rings (SSSR count). The third kappa shape index (κ3) is 3.42. The average molecular weight is 257 g/mol. The highest BCUT2D eigenvalue weighted by Crippen LogP contribution is 2.31. The molecular weight excluding hydrogens is 247 g/mol. The third-order valence-electron chi connectivity index (χ3n) is 2.12. The first-order valence-electron chi connectivity index (χ1n) is 4.94. The molecule has 0 aliphatic carbocycles. The van der Waals surface area contributed by atoms with Crippen molar-refractivity contribution < 1.29 is 23.1 Å². The number of hydrogen-bond donors (Lipinski definition) is 2. The Morgan fingerprint density at radius 1 is 1.44 bits per heavy atom. The molecule has 0 aliphatic heterocycles. The van der Waals surface area contributed by atoms with Crippen molar-refractivity contribution in [3.63, 3.8) is 0 Å². The second kappa shape index (κ2) is 5.45. The lowest BCUT2D eigenvalue weighted by Crippen LogP contribution is -2.11. The van der Waals surface area contributed by atoms with Crippen molar-refractivity contribution in [3.05, 3.63) is 29.3 Å². The largest absolute Gasteiger partial charge is 0.478 e. The van der Waals surface area contributed by atoms with E-state index in [4.69, 9.17) is 5.11 Å². The van der Waals surface area contributed by atoms with Gasteiger partial charge >= 0.3 is 12.1 Å². The van der Waals surface area contributed by atoms with Gasteiger partial charge in [0.25, 0.3) is 0 Å². The second-order valence-electron chi connectivity index (χ2n) is 3.34. The highest BCUT2D eigenvalue weighted by Gasteiger charge is 2.31. The first-order chi connectivity index (χ1) is 8.36. The number of nitrogens with one attached hydrogen (secondary N) is 1. The number of alkyl halides is 3. The van der Waals surface area contributed by atoms with Crippen LogP contribution < -0.4 is 5.32 Å². The Morgan fingerprint density at radius 2 is 2.11 bits per heavy atom. The molecule has 0 spiro atoms. The fraction of sp³-hybridized carbons (Fsp3) is 0.250. The van der Waals surface area contributed by atoms with Crippen molar-refractivity contribution in [2.45, 2.75) is 13.1 Å². The summed E-state index contributed by atoms with van der Waals surface area (Å²) in [6.45, 7) is 1.77. The van der Waals surface area contributed by atoms with Crippen LogP contribution >= 0.6 is 0 Å². The highest BCUT2D eigenvalue weighted by atomic mass is 19.4. The molecule has 0 aromatic heterocycles. The summed E-state index contributed by atoms with van der Waals surface area (Å²) in [6.07, 6.45) is -4.56. The molecule has 0 fully saturated rings. The SMILES string of the molecule is CC#CCNc1ccc(C(F)(F)F)cc1C(=O)O. The van der Waals surface area contributed by atoms with Crippen LogP contribution in [-0.2, 0) is 6.18 Å². The van der Waals surface area contributed by atoms with Crippen LogP contribution in [0.2, 0.25) is 0 Å². The Kier molecular flexibility index (Phi) is 4.21. The summed E-state index contributed by atoms with van der Waals surface area (Å²) in [5.74, 6) is 3.79. The molecule has 0 amide bonds. The number of anilines is 1. The molecule has 1 aromatic rings. The zero-order chi connectivity index (χ0) is 13.8.